The number of nitrogens with two attached hydrogens (primary N) is 1. The molecule has 1 aliphatic rings. The molecule has 1 aliphatic carbocycles. The quantitative estimate of drug-likeness (QED) is 0.248. The predicted octanol–water partition coefficient (Wildman–Crippen LogP) is 1.43. The number of imidazole rings is 1. The van der Waals surface area contributed by atoms with Gasteiger partial charge in [-0.15, -0.1) is 0 Å². The van der Waals surface area contributed by atoms with Gasteiger partial charge in [0.05, 0.1) is 25.5 Å². The molecule has 0 radical (unpaired) electrons. The Morgan fingerprint density at radius 3 is 2.57 bits per heavy atom. The molecule has 1 aromatic carbocycles. The number of carbonyl (C=O) groups excluding carboxylic acids is 2. The van der Waals surface area contributed by atoms with Gasteiger partial charge in [0.25, 0.3) is 0 Å². The van der Waals surface area contributed by atoms with Crippen LogP contribution in [0.25, 0.3) is 0 Å². The van der Waals surface area contributed by atoms with Crippen LogP contribution in [-0.2, 0) is 27.2 Å². The first-order chi connectivity index (χ1) is 17.7. The second-order valence-corrected chi connectivity index (χ2v) is 10.1. The predicted molar refractivity (Wildman–Crippen MR) is 140 cm³/mol. The molecule has 1 heterocycles. The van der Waals surface area contributed by atoms with Crippen LogP contribution in [0.15, 0.2) is 36.8 Å². The van der Waals surface area contributed by atoms with Gasteiger partial charge in [-0.05, 0) is 63.6 Å². The average Bonchev–Trinajstić information content (AvgIpc) is 3.56. The van der Waals surface area contributed by atoms with E-state index in [4.69, 9.17) is 15.2 Å². The zero-order valence-electron chi connectivity index (χ0n) is 22.1. The normalized spacial score (nSPS) is 15.7. The van der Waals surface area contributed by atoms with Gasteiger partial charge in [-0.3, -0.25) is 9.59 Å². The number of carbonyl (C=O) groups is 2. The fraction of sp³-hybridized carbons (Fsp3) is 0.593. The van der Waals surface area contributed by atoms with Crippen molar-refractivity contribution < 1.29 is 24.2 Å². The smallest absolute Gasteiger partial charge is 0.245 e. The third-order valence-corrected chi connectivity index (χ3v) is 6.27. The number of aliphatic hydroxyl groups is 1. The summed E-state index contributed by atoms with van der Waals surface area (Å²) in [5.74, 6) is 0.666. The number of amides is 2. The molecule has 3 rings (SSSR count). The number of H-pyrrole nitrogens is 1. The van der Waals surface area contributed by atoms with Crippen molar-refractivity contribution in [2.24, 2.45) is 11.7 Å². The molecule has 37 heavy (non-hydrogen) atoms. The number of nitrogens with one attached hydrogen (secondary N) is 2. The molecule has 204 valence electrons. The Kier molecular flexibility index (Phi) is 10.9. The van der Waals surface area contributed by atoms with Gasteiger partial charge in [0.2, 0.25) is 11.8 Å². The lowest BCUT2D eigenvalue weighted by atomic mass is 10.1. The van der Waals surface area contributed by atoms with Crippen LogP contribution < -0.4 is 15.8 Å². The van der Waals surface area contributed by atoms with Crippen molar-refractivity contribution in [3.05, 3.63) is 48.0 Å². The highest BCUT2D eigenvalue weighted by atomic mass is 16.5. The Labute approximate surface area is 218 Å². The monoisotopic (exact) mass is 515 g/mol. The van der Waals surface area contributed by atoms with Crippen molar-refractivity contribution in [3.8, 4) is 5.75 Å². The lowest BCUT2D eigenvalue weighted by Gasteiger charge is -2.32. The summed E-state index contributed by atoms with van der Waals surface area (Å²) in [6.07, 6.45) is 5.85. The summed E-state index contributed by atoms with van der Waals surface area (Å²) in [6, 6.07) is 5.91. The molecule has 1 saturated carbocycles. The van der Waals surface area contributed by atoms with Gasteiger partial charge >= 0.3 is 0 Å². The van der Waals surface area contributed by atoms with E-state index in [1.807, 2.05) is 38.1 Å². The average molecular weight is 516 g/mol. The lowest BCUT2D eigenvalue weighted by Crippen LogP contribution is -2.55. The minimum absolute atomic E-state index is 0.0256. The molecule has 0 bridgehead atoms. The van der Waals surface area contributed by atoms with Crippen LogP contribution in [0.5, 0.6) is 5.75 Å². The van der Waals surface area contributed by atoms with Crippen LogP contribution in [0.3, 0.4) is 0 Å². The summed E-state index contributed by atoms with van der Waals surface area (Å²) in [7, 11) is 0. The van der Waals surface area contributed by atoms with Gasteiger partial charge in [0.15, 0.2) is 0 Å². The minimum Gasteiger partial charge on any atom is -0.491 e. The van der Waals surface area contributed by atoms with E-state index in [1.165, 1.54) is 19.2 Å². The summed E-state index contributed by atoms with van der Waals surface area (Å²) >= 11 is 0. The molecule has 0 spiro atoms. The Morgan fingerprint density at radius 1 is 1.24 bits per heavy atom. The van der Waals surface area contributed by atoms with Crippen molar-refractivity contribution in [1.29, 1.82) is 0 Å². The standard InChI is InChI=1S/C27H41N5O5/c1-18(2)32(27(35)25(31-26(34)19(3)28)12-22-13-29-17-30-22)14-23(33)16-37-24-8-6-20(7-9-24)10-11-36-15-21-4-5-21/h6-9,13,17-19,21,23,25,33H,4-5,10-12,14-16,28H2,1-3H3,(H,29,30)(H,31,34). The van der Waals surface area contributed by atoms with E-state index in [0.29, 0.717) is 18.1 Å². The van der Waals surface area contributed by atoms with Gasteiger partial charge < -0.3 is 35.5 Å². The number of aromatic nitrogens is 2. The van der Waals surface area contributed by atoms with Crippen LogP contribution in [-0.4, -0.2) is 82.4 Å². The zero-order chi connectivity index (χ0) is 26.8. The summed E-state index contributed by atoms with van der Waals surface area (Å²) in [5.41, 5.74) is 7.57. The Bertz CT molecular complexity index is 960. The summed E-state index contributed by atoms with van der Waals surface area (Å²) in [4.78, 5) is 34.2. The fourth-order valence-electron chi connectivity index (χ4n) is 3.82. The van der Waals surface area contributed by atoms with Gasteiger partial charge in [0.1, 0.15) is 24.5 Å². The van der Waals surface area contributed by atoms with Gasteiger partial charge in [-0.2, -0.15) is 0 Å². The van der Waals surface area contributed by atoms with E-state index in [9.17, 15) is 14.7 Å². The number of hydrogen-bond donors (Lipinski definition) is 4. The number of aliphatic hydroxyl groups excluding tert-OH is 1. The number of rotatable bonds is 16. The molecular weight excluding hydrogens is 474 g/mol. The van der Waals surface area contributed by atoms with E-state index < -0.39 is 24.1 Å². The largest absolute Gasteiger partial charge is 0.491 e. The molecule has 2 aromatic rings. The maximum absolute atomic E-state index is 13.4. The minimum atomic E-state index is -0.918. The number of nitrogens with zero attached hydrogens (tertiary/aromatic N) is 2. The zero-order valence-corrected chi connectivity index (χ0v) is 22.1. The molecule has 10 nitrogen and oxygen atoms in total. The first-order valence-corrected chi connectivity index (χ1v) is 13.0. The van der Waals surface area contributed by atoms with Crippen LogP contribution in [0.1, 0.15) is 44.9 Å². The maximum Gasteiger partial charge on any atom is 0.245 e. The molecule has 5 N–H and O–H groups in total. The van der Waals surface area contributed by atoms with Crippen LogP contribution in [0, 0.1) is 5.92 Å². The van der Waals surface area contributed by atoms with Crippen molar-refractivity contribution in [1.82, 2.24) is 20.2 Å². The van der Waals surface area contributed by atoms with Gasteiger partial charge in [-0.25, -0.2) is 4.98 Å². The Balaban J connectivity index is 1.51. The second kappa shape index (κ2) is 14.1. The van der Waals surface area contributed by atoms with Crippen LogP contribution in [0.4, 0.5) is 0 Å². The molecule has 1 aromatic heterocycles. The summed E-state index contributed by atoms with van der Waals surface area (Å²) in [5, 5.41) is 13.4. The Hall–Kier alpha value is -2.95. The second-order valence-electron chi connectivity index (χ2n) is 10.1. The number of hydrogen-bond acceptors (Lipinski definition) is 7. The van der Waals surface area contributed by atoms with Crippen molar-refractivity contribution >= 4 is 11.8 Å². The SMILES string of the molecule is CC(N)C(=O)NC(Cc1cnc[nH]1)C(=O)N(CC(O)COc1ccc(CCOCC2CC2)cc1)C(C)C. The first kappa shape index (κ1) is 28.6. The molecular formula is C27H41N5O5. The molecule has 0 saturated heterocycles. The molecule has 1 fully saturated rings. The topological polar surface area (TPSA) is 143 Å². The highest BCUT2D eigenvalue weighted by Gasteiger charge is 2.30. The number of aromatic amines is 1. The van der Waals surface area contributed by atoms with Crippen LogP contribution >= 0.6 is 0 Å². The van der Waals surface area contributed by atoms with E-state index in [1.54, 1.807) is 18.0 Å². The summed E-state index contributed by atoms with van der Waals surface area (Å²) in [6.45, 7) is 6.93. The van der Waals surface area contributed by atoms with E-state index >= 15 is 0 Å². The van der Waals surface area contributed by atoms with Crippen LogP contribution in [0.2, 0.25) is 0 Å². The van der Waals surface area contributed by atoms with E-state index in [-0.39, 0.29) is 31.5 Å². The van der Waals surface area contributed by atoms with Gasteiger partial charge in [-0.1, -0.05) is 12.1 Å². The highest BCUT2D eigenvalue weighted by Crippen LogP contribution is 2.28. The third kappa shape index (κ3) is 9.79. The number of ether oxygens (including phenoxy) is 2. The third-order valence-electron chi connectivity index (χ3n) is 6.27. The van der Waals surface area contributed by atoms with Crippen molar-refractivity contribution in [2.75, 3.05) is 26.4 Å². The molecule has 2 amide bonds. The maximum atomic E-state index is 13.4. The van der Waals surface area contributed by atoms with E-state index in [2.05, 4.69) is 15.3 Å². The molecule has 3 atom stereocenters. The van der Waals surface area contributed by atoms with Gasteiger partial charge in [0, 0.05) is 31.0 Å². The Morgan fingerprint density at radius 2 is 1.97 bits per heavy atom. The molecule has 3 unspecified atom stereocenters. The summed E-state index contributed by atoms with van der Waals surface area (Å²) < 4.78 is 11.5. The lowest BCUT2D eigenvalue weighted by molar-refractivity contribution is -0.139. The molecule has 0 aliphatic heterocycles. The van der Waals surface area contributed by atoms with E-state index in [0.717, 1.165) is 24.5 Å². The highest BCUT2D eigenvalue weighted by molar-refractivity contribution is 5.89. The van der Waals surface area contributed by atoms with Crippen molar-refractivity contribution in [3.63, 3.8) is 0 Å². The fourth-order valence-corrected chi connectivity index (χ4v) is 3.82. The number of benzene rings is 1. The van der Waals surface area contributed by atoms with Crippen molar-refractivity contribution in [2.45, 2.75) is 70.7 Å². The molecule has 10 heteroatoms. The first-order valence-electron chi connectivity index (χ1n) is 13.0.